The number of anilines is 1. The summed E-state index contributed by atoms with van der Waals surface area (Å²) < 4.78 is 0. The third-order valence-corrected chi connectivity index (χ3v) is 3.99. The average Bonchev–Trinajstić information content (AvgIpc) is 2.78. The van der Waals surface area contributed by atoms with Crippen molar-refractivity contribution in [3.8, 4) is 0 Å². The van der Waals surface area contributed by atoms with E-state index in [1.807, 2.05) is 13.2 Å². The molecule has 18 heavy (non-hydrogen) atoms. The number of nitrogens with zero attached hydrogens (tertiary/aromatic N) is 3. The Balaban J connectivity index is 2.28. The molecular weight excluding hydrogens is 274 g/mol. The standard InChI is InChI=1S/C10H14ClN5OS/c1-5(6(3-17)18-2)14-9-7-8(13-4-12-7)15-10(11)16-9/h4-6,17H,3H2,1-2H3,(H2,12,13,14,15,16). The van der Waals surface area contributed by atoms with E-state index in [1.165, 1.54) is 0 Å². The summed E-state index contributed by atoms with van der Waals surface area (Å²) in [5.74, 6) is 0.600. The van der Waals surface area contributed by atoms with Gasteiger partial charge in [-0.2, -0.15) is 21.7 Å². The number of aliphatic hydroxyl groups is 1. The van der Waals surface area contributed by atoms with Gasteiger partial charge in [-0.1, -0.05) is 0 Å². The second-order valence-electron chi connectivity index (χ2n) is 3.83. The molecular formula is C10H14ClN5OS. The Kier molecular flexibility index (Phi) is 4.26. The van der Waals surface area contributed by atoms with Crippen LogP contribution in [0.5, 0.6) is 0 Å². The first-order chi connectivity index (χ1) is 8.65. The van der Waals surface area contributed by atoms with Crippen molar-refractivity contribution < 1.29 is 5.11 Å². The molecule has 0 aromatic carbocycles. The van der Waals surface area contributed by atoms with Crippen LogP contribution in [0.25, 0.3) is 11.2 Å². The highest BCUT2D eigenvalue weighted by Gasteiger charge is 2.18. The van der Waals surface area contributed by atoms with Crippen LogP contribution in [0, 0.1) is 0 Å². The number of hydrogen-bond donors (Lipinski definition) is 3. The van der Waals surface area contributed by atoms with E-state index >= 15 is 0 Å². The lowest BCUT2D eigenvalue weighted by molar-refractivity contribution is 0.288. The van der Waals surface area contributed by atoms with Gasteiger partial charge in [-0.05, 0) is 24.8 Å². The van der Waals surface area contributed by atoms with Crippen molar-refractivity contribution in [2.24, 2.45) is 0 Å². The molecule has 0 amide bonds. The molecule has 2 rings (SSSR count). The van der Waals surface area contributed by atoms with E-state index in [2.05, 4.69) is 25.3 Å². The minimum absolute atomic E-state index is 0.0440. The maximum Gasteiger partial charge on any atom is 0.226 e. The fraction of sp³-hybridized carbons (Fsp3) is 0.500. The maximum absolute atomic E-state index is 9.26. The summed E-state index contributed by atoms with van der Waals surface area (Å²) in [5, 5.41) is 12.7. The lowest BCUT2D eigenvalue weighted by Gasteiger charge is -2.21. The summed E-state index contributed by atoms with van der Waals surface area (Å²) in [7, 11) is 0. The molecule has 0 radical (unpaired) electrons. The molecule has 3 N–H and O–H groups in total. The van der Waals surface area contributed by atoms with Crippen molar-refractivity contribution in [2.45, 2.75) is 18.2 Å². The monoisotopic (exact) mass is 287 g/mol. The van der Waals surface area contributed by atoms with E-state index in [9.17, 15) is 5.11 Å². The highest BCUT2D eigenvalue weighted by atomic mass is 35.5. The zero-order chi connectivity index (χ0) is 13.1. The van der Waals surface area contributed by atoms with Gasteiger partial charge in [-0.15, -0.1) is 0 Å². The molecule has 2 unspecified atom stereocenters. The van der Waals surface area contributed by atoms with Crippen LogP contribution < -0.4 is 5.32 Å². The number of aliphatic hydroxyl groups excluding tert-OH is 1. The predicted molar refractivity (Wildman–Crippen MR) is 74.2 cm³/mol. The quantitative estimate of drug-likeness (QED) is 0.723. The van der Waals surface area contributed by atoms with Gasteiger partial charge in [-0.3, -0.25) is 0 Å². The lowest BCUT2D eigenvalue weighted by atomic mass is 10.2. The van der Waals surface area contributed by atoms with Crippen molar-refractivity contribution in [3.63, 3.8) is 0 Å². The van der Waals surface area contributed by atoms with Crippen LogP contribution in [0.3, 0.4) is 0 Å². The summed E-state index contributed by atoms with van der Waals surface area (Å²) >= 11 is 7.44. The van der Waals surface area contributed by atoms with Gasteiger partial charge >= 0.3 is 0 Å². The Morgan fingerprint density at radius 3 is 3.00 bits per heavy atom. The lowest BCUT2D eigenvalue weighted by Crippen LogP contribution is -2.31. The van der Waals surface area contributed by atoms with Gasteiger partial charge in [0.15, 0.2) is 11.5 Å². The van der Waals surface area contributed by atoms with Crippen LogP contribution >= 0.6 is 23.4 Å². The van der Waals surface area contributed by atoms with Crippen molar-refractivity contribution >= 4 is 40.3 Å². The molecule has 0 spiro atoms. The zero-order valence-corrected chi connectivity index (χ0v) is 11.6. The summed E-state index contributed by atoms with van der Waals surface area (Å²) in [5.41, 5.74) is 1.23. The zero-order valence-electron chi connectivity index (χ0n) is 10.0. The first kappa shape index (κ1) is 13.4. The van der Waals surface area contributed by atoms with Gasteiger partial charge in [0.2, 0.25) is 5.28 Å². The van der Waals surface area contributed by atoms with Crippen molar-refractivity contribution in [1.29, 1.82) is 0 Å². The largest absolute Gasteiger partial charge is 0.395 e. The molecule has 8 heteroatoms. The van der Waals surface area contributed by atoms with Gasteiger partial charge < -0.3 is 15.4 Å². The van der Waals surface area contributed by atoms with Crippen LogP contribution in [0.4, 0.5) is 5.82 Å². The van der Waals surface area contributed by atoms with Crippen LogP contribution in [0.1, 0.15) is 6.92 Å². The third-order valence-electron chi connectivity index (χ3n) is 2.66. The highest BCUT2D eigenvalue weighted by molar-refractivity contribution is 7.99. The Morgan fingerprint density at radius 1 is 1.56 bits per heavy atom. The van der Waals surface area contributed by atoms with E-state index in [1.54, 1.807) is 18.1 Å². The Hall–Kier alpha value is -1.05. The Morgan fingerprint density at radius 2 is 2.33 bits per heavy atom. The van der Waals surface area contributed by atoms with Gasteiger partial charge in [0.1, 0.15) is 5.52 Å². The topological polar surface area (TPSA) is 86.7 Å². The fourth-order valence-electron chi connectivity index (χ4n) is 1.66. The number of imidazole rings is 1. The highest BCUT2D eigenvalue weighted by Crippen LogP contribution is 2.21. The molecule has 0 bridgehead atoms. The van der Waals surface area contributed by atoms with E-state index in [0.29, 0.717) is 17.0 Å². The predicted octanol–water partition coefficient (Wildman–Crippen LogP) is 1.53. The molecule has 98 valence electrons. The molecule has 0 saturated heterocycles. The molecule has 6 nitrogen and oxygen atoms in total. The third kappa shape index (κ3) is 2.68. The van der Waals surface area contributed by atoms with E-state index in [4.69, 9.17) is 11.6 Å². The summed E-state index contributed by atoms with van der Waals surface area (Å²) in [6, 6.07) is 0.0440. The molecule has 0 saturated carbocycles. The van der Waals surface area contributed by atoms with E-state index in [-0.39, 0.29) is 23.2 Å². The van der Waals surface area contributed by atoms with Crippen LogP contribution in [0.15, 0.2) is 6.33 Å². The normalized spacial score (nSPS) is 14.7. The second kappa shape index (κ2) is 5.73. The number of rotatable bonds is 5. The fourth-order valence-corrected chi connectivity index (χ4v) is 2.45. The van der Waals surface area contributed by atoms with Crippen LogP contribution in [0.2, 0.25) is 5.28 Å². The molecule has 0 aliphatic carbocycles. The van der Waals surface area contributed by atoms with Crippen molar-refractivity contribution in [3.05, 3.63) is 11.6 Å². The van der Waals surface area contributed by atoms with Gasteiger partial charge in [-0.25, -0.2) is 4.98 Å². The first-order valence-corrected chi connectivity index (χ1v) is 7.09. The molecule has 2 aromatic heterocycles. The molecule has 2 aromatic rings. The molecule has 2 atom stereocenters. The Bertz CT molecular complexity index is 530. The molecule has 0 aliphatic heterocycles. The van der Waals surface area contributed by atoms with Gasteiger partial charge in [0, 0.05) is 11.3 Å². The van der Waals surface area contributed by atoms with Crippen LogP contribution in [-0.4, -0.2) is 49.2 Å². The number of thioether (sulfide) groups is 1. The van der Waals surface area contributed by atoms with Gasteiger partial charge in [0.05, 0.1) is 12.9 Å². The summed E-state index contributed by atoms with van der Waals surface area (Å²) in [6.07, 6.45) is 3.50. The first-order valence-electron chi connectivity index (χ1n) is 5.42. The minimum atomic E-state index is 0.0440. The second-order valence-corrected chi connectivity index (χ2v) is 5.25. The number of nitrogens with one attached hydrogen (secondary N) is 2. The molecule has 2 heterocycles. The summed E-state index contributed by atoms with van der Waals surface area (Å²) in [4.78, 5) is 15.2. The van der Waals surface area contributed by atoms with Gasteiger partial charge in [0.25, 0.3) is 0 Å². The Labute approximate surface area is 114 Å². The number of aromatic amines is 1. The van der Waals surface area contributed by atoms with E-state index in [0.717, 1.165) is 0 Å². The molecule has 0 aliphatic rings. The number of fused-ring (bicyclic) bond motifs is 1. The SMILES string of the molecule is CSC(CO)C(C)Nc1nc(Cl)nc2nc[nH]c12. The average molecular weight is 288 g/mol. The number of halogens is 1. The number of aromatic nitrogens is 4. The van der Waals surface area contributed by atoms with E-state index < -0.39 is 0 Å². The number of hydrogen-bond acceptors (Lipinski definition) is 6. The van der Waals surface area contributed by atoms with Crippen molar-refractivity contribution in [1.82, 2.24) is 19.9 Å². The summed E-state index contributed by atoms with van der Waals surface area (Å²) in [6.45, 7) is 2.08. The number of H-pyrrole nitrogens is 1. The maximum atomic E-state index is 9.26. The smallest absolute Gasteiger partial charge is 0.226 e. The minimum Gasteiger partial charge on any atom is -0.395 e. The van der Waals surface area contributed by atoms with Crippen LogP contribution in [-0.2, 0) is 0 Å². The van der Waals surface area contributed by atoms with Crippen molar-refractivity contribution in [2.75, 3.05) is 18.2 Å². The molecule has 0 fully saturated rings.